The highest BCUT2D eigenvalue weighted by atomic mass is 32.3. The fraction of sp³-hybridized carbons (Fsp3) is 0.455. The van der Waals surface area contributed by atoms with E-state index in [0.29, 0.717) is 6.54 Å². The van der Waals surface area contributed by atoms with E-state index in [2.05, 4.69) is 4.72 Å². The number of hydrogen-bond donors (Lipinski definition) is 1. The fourth-order valence-corrected chi connectivity index (χ4v) is 3.06. The molecule has 1 aromatic carbocycles. The molecule has 0 fully saturated rings. The van der Waals surface area contributed by atoms with Gasteiger partial charge in [0.2, 0.25) is 10.0 Å². The maximum atomic E-state index is 12.8. The molecule has 0 saturated heterocycles. The van der Waals surface area contributed by atoms with Crippen molar-refractivity contribution >= 4 is 20.2 Å². The van der Waals surface area contributed by atoms with Crippen LogP contribution in [0, 0.1) is 0 Å². The molecule has 0 unspecified atom stereocenters. The summed E-state index contributed by atoms with van der Waals surface area (Å²) in [5, 5.41) is 0. The summed E-state index contributed by atoms with van der Waals surface area (Å²) >= 11 is 0. The zero-order valence-electron chi connectivity index (χ0n) is 11.2. The standard InChI is InChI=1S/C11H17FN2O4S2/c1-3-14(2)8-7-13-20(17,18)11-6-4-5-10(9-11)19(12,15)16/h4-6,9,13H,3,7-8H2,1-2H3. The lowest BCUT2D eigenvalue weighted by Gasteiger charge is -2.14. The summed E-state index contributed by atoms with van der Waals surface area (Å²) in [4.78, 5) is 0.951. The van der Waals surface area contributed by atoms with Crippen molar-refractivity contribution in [1.29, 1.82) is 0 Å². The molecule has 0 aliphatic heterocycles. The smallest absolute Gasteiger partial charge is 0.305 e. The van der Waals surface area contributed by atoms with Gasteiger partial charge in [0.25, 0.3) is 0 Å². The molecule has 1 rings (SSSR count). The Morgan fingerprint density at radius 3 is 2.35 bits per heavy atom. The van der Waals surface area contributed by atoms with E-state index in [-0.39, 0.29) is 11.4 Å². The normalized spacial score (nSPS) is 12.8. The van der Waals surface area contributed by atoms with Crippen LogP contribution in [0.2, 0.25) is 0 Å². The van der Waals surface area contributed by atoms with Crippen molar-refractivity contribution < 1.29 is 20.7 Å². The second-order valence-electron chi connectivity index (χ2n) is 4.21. The fourth-order valence-electron chi connectivity index (χ4n) is 1.41. The molecule has 6 nitrogen and oxygen atoms in total. The van der Waals surface area contributed by atoms with E-state index < -0.39 is 25.1 Å². The van der Waals surface area contributed by atoms with E-state index >= 15 is 0 Å². The lowest BCUT2D eigenvalue weighted by Crippen LogP contribution is -2.32. The summed E-state index contributed by atoms with van der Waals surface area (Å²) in [5.41, 5.74) is 0. The highest BCUT2D eigenvalue weighted by Gasteiger charge is 2.18. The first-order valence-corrected chi connectivity index (χ1v) is 8.76. The van der Waals surface area contributed by atoms with Crippen LogP contribution >= 0.6 is 0 Å². The Kier molecular flexibility index (Phi) is 5.63. The van der Waals surface area contributed by atoms with E-state index in [0.717, 1.165) is 18.7 Å². The highest BCUT2D eigenvalue weighted by molar-refractivity contribution is 7.89. The van der Waals surface area contributed by atoms with Crippen LogP contribution in [0.4, 0.5) is 3.89 Å². The van der Waals surface area contributed by atoms with Gasteiger partial charge in [-0.2, -0.15) is 8.42 Å². The molecule has 0 heterocycles. The third-order valence-corrected chi connectivity index (χ3v) is 5.00. The molecule has 9 heteroatoms. The minimum atomic E-state index is -4.92. The average Bonchev–Trinajstić information content (AvgIpc) is 2.37. The Hall–Kier alpha value is -1.03. The first kappa shape index (κ1) is 17.0. The Morgan fingerprint density at radius 1 is 1.20 bits per heavy atom. The molecule has 0 aliphatic carbocycles. The van der Waals surface area contributed by atoms with Crippen molar-refractivity contribution in [2.45, 2.75) is 16.7 Å². The third-order valence-electron chi connectivity index (χ3n) is 2.72. The van der Waals surface area contributed by atoms with Crippen LogP contribution in [0.25, 0.3) is 0 Å². The molecule has 0 aromatic heterocycles. The lowest BCUT2D eigenvalue weighted by molar-refractivity contribution is 0.358. The van der Waals surface area contributed by atoms with Crippen molar-refractivity contribution in [2.24, 2.45) is 0 Å². The molecule has 0 atom stereocenters. The van der Waals surface area contributed by atoms with Gasteiger partial charge in [-0.1, -0.05) is 13.0 Å². The molecular weight excluding hydrogens is 307 g/mol. The molecule has 20 heavy (non-hydrogen) atoms. The number of halogens is 1. The van der Waals surface area contributed by atoms with Crippen molar-refractivity contribution in [2.75, 3.05) is 26.7 Å². The van der Waals surface area contributed by atoms with Gasteiger partial charge in [0, 0.05) is 13.1 Å². The van der Waals surface area contributed by atoms with E-state index in [1.165, 1.54) is 12.1 Å². The van der Waals surface area contributed by atoms with Gasteiger partial charge >= 0.3 is 10.2 Å². The second kappa shape index (κ2) is 6.61. The van der Waals surface area contributed by atoms with Gasteiger partial charge in [-0.25, -0.2) is 13.1 Å². The topological polar surface area (TPSA) is 83.6 Å². The molecule has 0 aliphatic rings. The Bertz CT molecular complexity index is 659. The molecule has 0 bridgehead atoms. The molecule has 1 aromatic rings. The number of nitrogens with one attached hydrogen (secondary N) is 1. The van der Waals surface area contributed by atoms with Crippen LogP contribution in [0.1, 0.15) is 6.92 Å². The minimum Gasteiger partial charge on any atom is -0.305 e. The van der Waals surface area contributed by atoms with Crippen LogP contribution < -0.4 is 4.72 Å². The highest BCUT2D eigenvalue weighted by Crippen LogP contribution is 2.17. The van der Waals surface area contributed by atoms with Crippen LogP contribution in [0.3, 0.4) is 0 Å². The summed E-state index contributed by atoms with van der Waals surface area (Å²) < 4.78 is 60.6. The van der Waals surface area contributed by atoms with Crippen molar-refractivity contribution in [3.8, 4) is 0 Å². The lowest BCUT2D eigenvalue weighted by atomic mass is 10.4. The van der Waals surface area contributed by atoms with Crippen LogP contribution in [-0.2, 0) is 20.2 Å². The van der Waals surface area contributed by atoms with Crippen molar-refractivity contribution in [3.63, 3.8) is 0 Å². The first-order chi connectivity index (χ1) is 9.16. The Morgan fingerprint density at radius 2 is 1.80 bits per heavy atom. The average molecular weight is 324 g/mol. The summed E-state index contributed by atoms with van der Waals surface area (Å²) in [7, 11) is -6.94. The molecule has 1 N–H and O–H groups in total. The maximum absolute atomic E-state index is 12.8. The summed E-state index contributed by atoms with van der Waals surface area (Å²) in [6, 6.07) is 4.18. The number of sulfonamides is 1. The van der Waals surface area contributed by atoms with Crippen LogP contribution in [0.15, 0.2) is 34.1 Å². The van der Waals surface area contributed by atoms with Crippen LogP contribution in [0.5, 0.6) is 0 Å². The molecular formula is C11H17FN2O4S2. The zero-order chi connectivity index (χ0) is 15.4. The van der Waals surface area contributed by atoms with Gasteiger partial charge in [-0.3, -0.25) is 0 Å². The molecule has 0 saturated carbocycles. The largest absolute Gasteiger partial charge is 0.332 e. The molecule has 0 amide bonds. The number of nitrogens with zero attached hydrogens (tertiary/aromatic N) is 1. The van der Waals surface area contributed by atoms with Crippen LogP contribution in [-0.4, -0.2) is 48.4 Å². The summed E-state index contributed by atoms with van der Waals surface area (Å²) in [5.74, 6) is 0. The quantitative estimate of drug-likeness (QED) is 0.742. The number of rotatable bonds is 7. The van der Waals surface area contributed by atoms with Gasteiger partial charge in [-0.05, 0) is 31.8 Å². The third kappa shape index (κ3) is 4.82. The number of likely N-dealkylation sites (N-methyl/N-ethyl adjacent to an activating group) is 1. The second-order valence-corrected chi connectivity index (χ2v) is 7.32. The van der Waals surface area contributed by atoms with Crippen molar-refractivity contribution in [1.82, 2.24) is 9.62 Å². The Labute approximate surface area is 118 Å². The molecule has 0 radical (unpaired) electrons. The maximum Gasteiger partial charge on any atom is 0.332 e. The Balaban J connectivity index is 2.88. The van der Waals surface area contributed by atoms with Gasteiger partial charge < -0.3 is 4.90 Å². The van der Waals surface area contributed by atoms with Gasteiger partial charge in [0.15, 0.2) is 0 Å². The van der Waals surface area contributed by atoms with E-state index in [1.54, 1.807) is 0 Å². The van der Waals surface area contributed by atoms with Gasteiger partial charge in [0.1, 0.15) is 0 Å². The van der Waals surface area contributed by atoms with Gasteiger partial charge in [0.05, 0.1) is 9.79 Å². The summed E-state index contributed by atoms with van der Waals surface area (Å²) in [6.45, 7) is 3.40. The summed E-state index contributed by atoms with van der Waals surface area (Å²) in [6.07, 6.45) is 0. The SMILES string of the molecule is CCN(C)CCNS(=O)(=O)c1cccc(S(=O)(=O)F)c1. The number of hydrogen-bond acceptors (Lipinski definition) is 5. The predicted molar refractivity (Wildman–Crippen MR) is 73.1 cm³/mol. The zero-order valence-corrected chi connectivity index (χ0v) is 12.8. The minimum absolute atomic E-state index is 0.180. The van der Waals surface area contributed by atoms with Gasteiger partial charge in [-0.15, -0.1) is 3.89 Å². The molecule has 0 spiro atoms. The first-order valence-electron chi connectivity index (χ1n) is 5.90. The number of benzene rings is 1. The van der Waals surface area contributed by atoms with E-state index in [4.69, 9.17) is 0 Å². The monoisotopic (exact) mass is 324 g/mol. The predicted octanol–water partition coefficient (Wildman–Crippen LogP) is 0.575. The van der Waals surface area contributed by atoms with Crippen molar-refractivity contribution in [3.05, 3.63) is 24.3 Å². The van der Waals surface area contributed by atoms with E-state index in [1.807, 2.05) is 18.9 Å². The molecule has 114 valence electrons. The van der Waals surface area contributed by atoms with E-state index in [9.17, 15) is 20.7 Å².